The van der Waals surface area contributed by atoms with Crippen LogP contribution in [0.2, 0.25) is 0 Å². The van der Waals surface area contributed by atoms with Gasteiger partial charge in [0, 0.05) is 11.8 Å². The van der Waals surface area contributed by atoms with Gasteiger partial charge in [0.25, 0.3) is 5.91 Å². The van der Waals surface area contributed by atoms with E-state index in [9.17, 15) is 14.7 Å². The second-order valence-electron chi connectivity index (χ2n) is 5.97. The smallest absolute Gasteiger partial charge is 0.331 e. The average molecular weight is 315 g/mol. The first-order chi connectivity index (χ1) is 10.9. The van der Waals surface area contributed by atoms with Crippen LogP contribution < -0.4 is 5.32 Å². The lowest BCUT2D eigenvalue weighted by Gasteiger charge is -2.19. The lowest BCUT2D eigenvalue weighted by Crippen LogP contribution is -2.35. The van der Waals surface area contributed by atoms with E-state index >= 15 is 0 Å². The molecule has 0 saturated heterocycles. The Morgan fingerprint density at radius 1 is 1.30 bits per heavy atom. The highest BCUT2D eigenvalue weighted by atomic mass is 16.5. The monoisotopic (exact) mass is 315 g/mol. The van der Waals surface area contributed by atoms with Gasteiger partial charge in [-0.25, -0.2) is 4.79 Å². The lowest BCUT2D eigenvalue weighted by molar-refractivity contribution is -0.146. The van der Waals surface area contributed by atoms with Crippen molar-refractivity contribution in [1.82, 2.24) is 9.78 Å². The number of carboxylic acids is 1. The van der Waals surface area contributed by atoms with Crippen LogP contribution in [0.5, 0.6) is 0 Å². The molecule has 2 N–H and O–H groups in total. The molecule has 1 aliphatic heterocycles. The molecule has 0 unspecified atom stereocenters. The van der Waals surface area contributed by atoms with Gasteiger partial charge in [-0.3, -0.25) is 9.48 Å². The van der Waals surface area contributed by atoms with Crippen LogP contribution in [0.4, 0.5) is 5.69 Å². The Bertz CT molecular complexity index is 779. The van der Waals surface area contributed by atoms with E-state index in [1.54, 1.807) is 6.07 Å². The summed E-state index contributed by atoms with van der Waals surface area (Å²) in [6.45, 7) is 4.17. The SMILES string of the molecule is CC(C)(C(=O)O)n1cc(NC(=O)c2ccc3c(c2)COC3)cn1. The first-order valence-corrected chi connectivity index (χ1v) is 7.17. The first kappa shape index (κ1) is 15.2. The number of ether oxygens (including phenoxy) is 1. The number of carboxylic acid groups (broad SMARTS) is 1. The molecule has 0 spiro atoms. The van der Waals surface area contributed by atoms with Crippen molar-refractivity contribution in [2.45, 2.75) is 32.6 Å². The highest BCUT2D eigenvalue weighted by molar-refractivity contribution is 6.04. The fraction of sp³-hybridized carbons (Fsp3) is 0.312. The third-order valence-corrected chi connectivity index (χ3v) is 3.92. The summed E-state index contributed by atoms with van der Waals surface area (Å²) in [5.74, 6) is -1.27. The predicted molar refractivity (Wildman–Crippen MR) is 82.1 cm³/mol. The van der Waals surface area contributed by atoms with Gasteiger partial charge in [0.05, 0.1) is 25.1 Å². The fourth-order valence-electron chi connectivity index (χ4n) is 2.31. The Morgan fingerprint density at radius 2 is 2.04 bits per heavy atom. The quantitative estimate of drug-likeness (QED) is 0.900. The second-order valence-corrected chi connectivity index (χ2v) is 5.97. The van der Waals surface area contributed by atoms with Gasteiger partial charge in [-0.15, -0.1) is 0 Å². The number of carbonyl (C=O) groups excluding carboxylic acids is 1. The first-order valence-electron chi connectivity index (χ1n) is 7.17. The summed E-state index contributed by atoms with van der Waals surface area (Å²) in [5.41, 5.74) is 1.90. The Morgan fingerprint density at radius 3 is 2.78 bits per heavy atom. The molecule has 0 radical (unpaired) electrons. The summed E-state index contributed by atoms with van der Waals surface area (Å²) >= 11 is 0. The van der Waals surface area contributed by atoms with Crippen molar-refractivity contribution in [2.24, 2.45) is 0 Å². The summed E-state index contributed by atoms with van der Waals surface area (Å²) in [6, 6.07) is 5.44. The van der Waals surface area contributed by atoms with Gasteiger partial charge in [-0.05, 0) is 37.1 Å². The van der Waals surface area contributed by atoms with Crippen LogP contribution in [0.1, 0.15) is 35.3 Å². The maximum absolute atomic E-state index is 12.3. The fourth-order valence-corrected chi connectivity index (χ4v) is 2.31. The molecule has 3 rings (SSSR count). The number of aromatic nitrogens is 2. The molecular formula is C16H17N3O4. The molecule has 2 aromatic rings. The van der Waals surface area contributed by atoms with Crippen molar-refractivity contribution >= 4 is 17.6 Å². The highest BCUT2D eigenvalue weighted by Crippen LogP contribution is 2.22. The summed E-state index contributed by atoms with van der Waals surface area (Å²) in [4.78, 5) is 23.5. The molecule has 0 bridgehead atoms. The molecule has 1 aromatic heterocycles. The summed E-state index contributed by atoms with van der Waals surface area (Å²) in [6.07, 6.45) is 2.93. The van der Waals surface area contributed by atoms with Crippen LogP contribution >= 0.6 is 0 Å². The Labute approximate surface area is 132 Å². The molecular weight excluding hydrogens is 298 g/mol. The normalized spacial score (nSPS) is 13.7. The minimum absolute atomic E-state index is 0.271. The minimum Gasteiger partial charge on any atom is -0.479 e. The predicted octanol–water partition coefficient (Wildman–Crippen LogP) is 1.99. The number of benzene rings is 1. The van der Waals surface area contributed by atoms with Crippen molar-refractivity contribution in [3.8, 4) is 0 Å². The van der Waals surface area contributed by atoms with E-state index < -0.39 is 11.5 Å². The topological polar surface area (TPSA) is 93.5 Å². The number of hydrogen-bond donors (Lipinski definition) is 2. The van der Waals surface area contributed by atoms with E-state index in [2.05, 4.69) is 10.4 Å². The van der Waals surface area contributed by atoms with Gasteiger partial charge < -0.3 is 15.2 Å². The van der Waals surface area contributed by atoms with Crippen molar-refractivity contribution in [1.29, 1.82) is 0 Å². The Kier molecular flexibility index (Phi) is 3.65. The molecule has 1 aromatic carbocycles. The second kappa shape index (κ2) is 5.51. The lowest BCUT2D eigenvalue weighted by atomic mass is 10.1. The van der Waals surface area contributed by atoms with Crippen LogP contribution in [0.25, 0.3) is 0 Å². The van der Waals surface area contributed by atoms with Gasteiger partial charge in [0.15, 0.2) is 5.54 Å². The maximum atomic E-state index is 12.3. The van der Waals surface area contributed by atoms with Crippen LogP contribution in [0, 0.1) is 0 Å². The van der Waals surface area contributed by atoms with Gasteiger partial charge in [0.1, 0.15) is 0 Å². The van der Waals surface area contributed by atoms with Crippen LogP contribution in [-0.4, -0.2) is 26.8 Å². The summed E-state index contributed by atoms with van der Waals surface area (Å²) < 4.78 is 6.64. The van der Waals surface area contributed by atoms with E-state index in [4.69, 9.17) is 4.74 Å². The Balaban J connectivity index is 1.76. The average Bonchev–Trinajstić information content (AvgIpc) is 3.14. The maximum Gasteiger partial charge on any atom is 0.331 e. The van der Waals surface area contributed by atoms with E-state index in [-0.39, 0.29) is 5.91 Å². The van der Waals surface area contributed by atoms with E-state index in [0.29, 0.717) is 24.5 Å². The number of nitrogens with one attached hydrogen (secondary N) is 1. The standard InChI is InChI=1S/C16H17N3O4/c1-16(2,15(21)22)19-7-13(6-17-19)18-14(20)10-3-4-11-8-23-9-12(11)5-10/h3-7H,8-9H2,1-2H3,(H,18,20)(H,21,22). The third-order valence-electron chi connectivity index (χ3n) is 3.92. The molecule has 0 saturated carbocycles. The molecule has 7 nitrogen and oxygen atoms in total. The Hall–Kier alpha value is -2.67. The number of fused-ring (bicyclic) bond motifs is 1. The minimum atomic E-state index is -1.19. The van der Waals surface area contributed by atoms with Crippen molar-refractivity contribution in [3.63, 3.8) is 0 Å². The summed E-state index contributed by atoms with van der Waals surface area (Å²) in [7, 11) is 0. The van der Waals surface area contributed by atoms with Gasteiger partial charge in [-0.2, -0.15) is 5.10 Å². The van der Waals surface area contributed by atoms with E-state index in [0.717, 1.165) is 11.1 Å². The van der Waals surface area contributed by atoms with Crippen molar-refractivity contribution in [2.75, 3.05) is 5.32 Å². The number of hydrogen-bond acceptors (Lipinski definition) is 4. The number of rotatable bonds is 4. The van der Waals surface area contributed by atoms with Crippen LogP contribution in [0.3, 0.4) is 0 Å². The van der Waals surface area contributed by atoms with Crippen molar-refractivity contribution in [3.05, 3.63) is 47.3 Å². The molecule has 2 heterocycles. The van der Waals surface area contributed by atoms with Crippen LogP contribution in [-0.2, 0) is 28.3 Å². The zero-order valence-corrected chi connectivity index (χ0v) is 12.9. The molecule has 0 atom stereocenters. The van der Waals surface area contributed by atoms with Gasteiger partial charge >= 0.3 is 5.97 Å². The van der Waals surface area contributed by atoms with Gasteiger partial charge in [-0.1, -0.05) is 6.07 Å². The molecule has 23 heavy (non-hydrogen) atoms. The van der Waals surface area contributed by atoms with Gasteiger partial charge in [0.2, 0.25) is 0 Å². The number of amides is 1. The number of nitrogens with zero attached hydrogens (tertiary/aromatic N) is 2. The van der Waals surface area contributed by atoms with Crippen molar-refractivity contribution < 1.29 is 19.4 Å². The molecule has 120 valence electrons. The molecule has 1 aliphatic rings. The molecule has 0 fully saturated rings. The zero-order valence-electron chi connectivity index (χ0n) is 12.9. The third kappa shape index (κ3) is 2.83. The summed E-state index contributed by atoms with van der Waals surface area (Å²) in [5, 5.41) is 15.9. The van der Waals surface area contributed by atoms with E-state index in [1.165, 1.54) is 30.9 Å². The zero-order chi connectivity index (χ0) is 16.6. The largest absolute Gasteiger partial charge is 0.479 e. The molecule has 0 aliphatic carbocycles. The number of carbonyl (C=O) groups is 2. The number of anilines is 1. The molecule has 7 heteroatoms. The highest BCUT2D eigenvalue weighted by Gasteiger charge is 2.30. The number of aliphatic carboxylic acids is 1. The van der Waals surface area contributed by atoms with E-state index in [1.807, 2.05) is 12.1 Å². The molecule has 1 amide bonds. The van der Waals surface area contributed by atoms with Crippen LogP contribution in [0.15, 0.2) is 30.6 Å².